The Morgan fingerprint density at radius 3 is 3.00 bits per heavy atom. The molecule has 1 aliphatic rings. The highest BCUT2D eigenvalue weighted by atomic mass is 35.5. The number of halogens is 1. The summed E-state index contributed by atoms with van der Waals surface area (Å²) in [7, 11) is 1.72. The number of anilines is 2. The fraction of sp³-hybridized carbons (Fsp3) is 0.462. The lowest BCUT2D eigenvalue weighted by Crippen LogP contribution is -2.42. The van der Waals surface area contributed by atoms with Gasteiger partial charge < -0.3 is 20.1 Å². The standard InChI is InChI=1S/C13H17ClN2O3/c1-8-13(18)16(2)11-5-3-4-10(12(11)19-8)15-7-9(17)6-14/h3-5,8-9,15,17H,6-7H2,1-2H3. The average Bonchev–Trinajstić information content (AvgIpc) is 2.42. The Labute approximate surface area is 117 Å². The number of aliphatic hydroxyl groups excluding tert-OH is 1. The van der Waals surface area contributed by atoms with E-state index >= 15 is 0 Å². The summed E-state index contributed by atoms with van der Waals surface area (Å²) in [5, 5.41) is 12.6. The number of carbonyl (C=O) groups is 1. The summed E-state index contributed by atoms with van der Waals surface area (Å²) in [6.45, 7) is 2.04. The van der Waals surface area contributed by atoms with E-state index in [1.165, 1.54) is 0 Å². The zero-order chi connectivity index (χ0) is 14.0. The molecule has 1 aliphatic heterocycles. The number of para-hydroxylation sites is 1. The first kappa shape index (κ1) is 14.0. The quantitative estimate of drug-likeness (QED) is 0.822. The number of likely N-dealkylation sites (N-methyl/N-ethyl adjacent to an activating group) is 1. The molecule has 0 fully saturated rings. The molecular weight excluding hydrogens is 268 g/mol. The highest BCUT2D eigenvalue weighted by Gasteiger charge is 2.30. The molecule has 1 heterocycles. The third-order valence-corrected chi connectivity index (χ3v) is 3.39. The largest absolute Gasteiger partial charge is 0.477 e. The van der Waals surface area contributed by atoms with Crippen LogP contribution in [0.25, 0.3) is 0 Å². The molecule has 1 aromatic rings. The van der Waals surface area contributed by atoms with Gasteiger partial charge in [-0.05, 0) is 19.1 Å². The van der Waals surface area contributed by atoms with Crippen LogP contribution in [0.5, 0.6) is 5.75 Å². The Morgan fingerprint density at radius 1 is 1.58 bits per heavy atom. The fourth-order valence-electron chi connectivity index (χ4n) is 1.95. The predicted octanol–water partition coefficient (Wildman–Crippen LogP) is 1.44. The minimum absolute atomic E-state index is 0.0783. The summed E-state index contributed by atoms with van der Waals surface area (Å²) in [5.41, 5.74) is 1.46. The molecule has 19 heavy (non-hydrogen) atoms. The summed E-state index contributed by atoms with van der Waals surface area (Å²) in [5.74, 6) is 0.710. The van der Waals surface area contributed by atoms with Gasteiger partial charge >= 0.3 is 0 Å². The van der Waals surface area contributed by atoms with E-state index in [1.54, 1.807) is 18.9 Å². The van der Waals surface area contributed by atoms with Crippen LogP contribution in [0.1, 0.15) is 6.92 Å². The molecule has 2 unspecified atom stereocenters. The van der Waals surface area contributed by atoms with Crippen LogP contribution in [0.2, 0.25) is 0 Å². The molecule has 0 saturated carbocycles. The molecule has 2 rings (SSSR count). The maximum atomic E-state index is 11.8. The highest BCUT2D eigenvalue weighted by Crippen LogP contribution is 2.39. The van der Waals surface area contributed by atoms with Gasteiger partial charge in [0.15, 0.2) is 11.9 Å². The minimum Gasteiger partial charge on any atom is -0.477 e. The van der Waals surface area contributed by atoms with Crippen LogP contribution in [0.3, 0.4) is 0 Å². The minimum atomic E-state index is -0.627. The van der Waals surface area contributed by atoms with Gasteiger partial charge in [-0.25, -0.2) is 0 Å². The van der Waals surface area contributed by atoms with Gasteiger partial charge in [0.2, 0.25) is 0 Å². The van der Waals surface area contributed by atoms with Gasteiger partial charge in [-0.3, -0.25) is 4.79 Å². The monoisotopic (exact) mass is 284 g/mol. The van der Waals surface area contributed by atoms with Crippen LogP contribution >= 0.6 is 11.6 Å². The summed E-state index contributed by atoms with van der Waals surface area (Å²) in [6.07, 6.45) is -1.14. The molecule has 6 heteroatoms. The van der Waals surface area contributed by atoms with Crippen molar-refractivity contribution in [1.82, 2.24) is 0 Å². The summed E-state index contributed by atoms with van der Waals surface area (Å²) in [4.78, 5) is 13.4. The van der Waals surface area contributed by atoms with Crippen molar-refractivity contribution in [2.24, 2.45) is 0 Å². The number of aliphatic hydroxyl groups is 1. The first-order valence-electron chi connectivity index (χ1n) is 6.09. The maximum Gasteiger partial charge on any atom is 0.267 e. The van der Waals surface area contributed by atoms with Crippen LogP contribution < -0.4 is 15.0 Å². The van der Waals surface area contributed by atoms with E-state index in [0.717, 1.165) is 5.69 Å². The number of benzene rings is 1. The zero-order valence-electron chi connectivity index (χ0n) is 10.9. The Bertz CT molecular complexity index is 481. The molecule has 0 bridgehead atoms. The third kappa shape index (κ3) is 2.77. The first-order chi connectivity index (χ1) is 9.04. The van der Waals surface area contributed by atoms with E-state index in [4.69, 9.17) is 16.3 Å². The van der Waals surface area contributed by atoms with E-state index in [0.29, 0.717) is 18.0 Å². The van der Waals surface area contributed by atoms with Crippen molar-refractivity contribution in [2.75, 3.05) is 29.7 Å². The molecule has 0 radical (unpaired) electrons. The number of hydrogen-bond acceptors (Lipinski definition) is 4. The van der Waals surface area contributed by atoms with E-state index in [2.05, 4.69) is 5.32 Å². The molecule has 5 nitrogen and oxygen atoms in total. The Balaban J connectivity index is 2.25. The van der Waals surface area contributed by atoms with Gasteiger partial charge in [0, 0.05) is 13.6 Å². The number of nitrogens with one attached hydrogen (secondary N) is 1. The van der Waals surface area contributed by atoms with Crippen molar-refractivity contribution in [3.05, 3.63) is 18.2 Å². The average molecular weight is 285 g/mol. The first-order valence-corrected chi connectivity index (χ1v) is 6.63. The summed E-state index contributed by atoms with van der Waals surface area (Å²) >= 11 is 5.55. The smallest absolute Gasteiger partial charge is 0.267 e. The molecule has 1 aromatic carbocycles. The summed E-state index contributed by atoms with van der Waals surface area (Å²) in [6, 6.07) is 5.50. The van der Waals surface area contributed by atoms with Gasteiger partial charge in [-0.1, -0.05) is 6.07 Å². The number of rotatable bonds is 4. The normalized spacial score (nSPS) is 19.7. The van der Waals surface area contributed by atoms with Gasteiger partial charge in [0.25, 0.3) is 5.91 Å². The van der Waals surface area contributed by atoms with Crippen molar-refractivity contribution in [3.8, 4) is 5.75 Å². The van der Waals surface area contributed by atoms with Gasteiger partial charge in [0.05, 0.1) is 23.4 Å². The second kappa shape index (κ2) is 5.67. The molecule has 0 aromatic heterocycles. The predicted molar refractivity (Wildman–Crippen MR) is 75.2 cm³/mol. The molecular formula is C13H17ClN2O3. The van der Waals surface area contributed by atoms with E-state index in [1.807, 2.05) is 18.2 Å². The second-order valence-electron chi connectivity index (χ2n) is 4.50. The van der Waals surface area contributed by atoms with E-state index in [-0.39, 0.29) is 11.8 Å². The molecule has 0 spiro atoms. The number of fused-ring (bicyclic) bond motifs is 1. The van der Waals surface area contributed by atoms with Crippen molar-refractivity contribution in [1.29, 1.82) is 0 Å². The van der Waals surface area contributed by atoms with Crippen molar-refractivity contribution in [3.63, 3.8) is 0 Å². The van der Waals surface area contributed by atoms with E-state index < -0.39 is 12.2 Å². The molecule has 0 saturated heterocycles. The van der Waals surface area contributed by atoms with Crippen LogP contribution in [-0.4, -0.2) is 42.7 Å². The topological polar surface area (TPSA) is 61.8 Å². The molecule has 2 atom stereocenters. The second-order valence-corrected chi connectivity index (χ2v) is 4.81. The Morgan fingerprint density at radius 2 is 2.32 bits per heavy atom. The summed E-state index contributed by atoms with van der Waals surface area (Å²) < 4.78 is 5.64. The van der Waals surface area contributed by atoms with Crippen molar-refractivity contribution < 1.29 is 14.6 Å². The molecule has 1 amide bonds. The van der Waals surface area contributed by atoms with Gasteiger partial charge in [0.1, 0.15) is 0 Å². The maximum absolute atomic E-state index is 11.8. The Hall–Kier alpha value is -1.46. The van der Waals surface area contributed by atoms with Crippen LogP contribution in [0, 0.1) is 0 Å². The number of hydrogen-bond donors (Lipinski definition) is 2. The highest BCUT2D eigenvalue weighted by molar-refractivity contribution is 6.18. The number of amides is 1. The lowest BCUT2D eigenvalue weighted by Gasteiger charge is -2.31. The number of ether oxygens (including phenoxy) is 1. The van der Waals surface area contributed by atoms with E-state index in [9.17, 15) is 9.90 Å². The van der Waals surface area contributed by atoms with Crippen LogP contribution in [0.4, 0.5) is 11.4 Å². The van der Waals surface area contributed by atoms with Crippen LogP contribution in [0.15, 0.2) is 18.2 Å². The molecule has 0 aliphatic carbocycles. The molecule has 104 valence electrons. The van der Waals surface area contributed by atoms with Gasteiger partial charge in [-0.15, -0.1) is 11.6 Å². The third-order valence-electron chi connectivity index (χ3n) is 3.03. The number of alkyl halides is 1. The molecule has 2 N–H and O–H groups in total. The Kier molecular flexibility index (Phi) is 4.17. The SMILES string of the molecule is CC1Oc2c(NCC(O)CCl)cccc2N(C)C1=O. The lowest BCUT2D eigenvalue weighted by atomic mass is 10.1. The van der Waals surface area contributed by atoms with Gasteiger partial charge in [-0.2, -0.15) is 0 Å². The number of nitrogens with zero attached hydrogens (tertiary/aromatic N) is 1. The van der Waals surface area contributed by atoms with Crippen LogP contribution in [-0.2, 0) is 4.79 Å². The lowest BCUT2D eigenvalue weighted by molar-refractivity contribution is -0.125. The fourth-order valence-corrected chi connectivity index (χ4v) is 2.06. The van der Waals surface area contributed by atoms with Crippen molar-refractivity contribution >= 4 is 28.9 Å². The number of carbonyl (C=O) groups excluding carboxylic acids is 1. The van der Waals surface area contributed by atoms with Crippen molar-refractivity contribution in [2.45, 2.75) is 19.1 Å². The zero-order valence-corrected chi connectivity index (χ0v) is 11.6.